The van der Waals surface area contributed by atoms with E-state index in [9.17, 15) is 18.0 Å². The van der Waals surface area contributed by atoms with E-state index in [0.717, 1.165) is 15.4 Å². The molecule has 0 saturated carbocycles. The van der Waals surface area contributed by atoms with Gasteiger partial charge in [-0.15, -0.1) is 0 Å². The number of sulfonamides is 1. The van der Waals surface area contributed by atoms with E-state index < -0.39 is 34.1 Å². The average molecular weight is 648 g/mol. The van der Waals surface area contributed by atoms with Crippen LogP contribution in [0.25, 0.3) is 0 Å². The van der Waals surface area contributed by atoms with Gasteiger partial charge in [0.15, 0.2) is 0 Å². The van der Waals surface area contributed by atoms with Gasteiger partial charge in [0.05, 0.1) is 10.6 Å². The number of ether oxygens (including phenoxy) is 1. The molecule has 0 bridgehead atoms. The van der Waals surface area contributed by atoms with Crippen LogP contribution in [-0.2, 0) is 26.2 Å². The highest BCUT2D eigenvalue weighted by Crippen LogP contribution is 2.29. The summed E-state index contributed by atoms with van der Waals surface area (Å²) in [6.45, 7) is 8.57. The van der Waals surface area contributed by atoms with Crippen LogP contribution in [0.4, 0.5) is 5.69 Å². The molecule has 0 aliphatic heterocycles. The molecule has 10 heteroatoms. The monoisotopic (exact) mass is 647 g/mol. The van der Waals surface area contributed by atoms with Crippen molar-refractivity contribution in [1.29, 1.82) is 0 Å². The first-order valence-corrected chi connectivity index (χ1v) is 16.3. The fourth-order valence-electron chi connectivity index (χ4n) is 4.51. The van der Waals surface area contributed by atoms with Gasteiger partial charge in [0.2, 0.25) is 11.8 Å². The van der Waals surface area contributed by atoms with Crippen molar-refractivity contribution in [3.63, 3.8) is 0 Å². The summed E-state index contributed by atoms with van der Waals surface area (Å²) in [5.74, 6) is 0.215. The van der Waals surface area contributed by atoms with E-state index in [1.165, 1.54) is 17.0 Å². The topological polar surface area (TPSA) is 96.0 Å². The highest BCUT2D eigenvalue weighted by molar-refractivity contribution is 7.92. The van der Waals surface area contributed by atoms with Crippen molar-refractivity contribution < 1.29 is 22.7 Å². The quantitative estimate of drug-likeness (QED) is 0.190. The van der Waals surface area contributed by atoms with Crippen LogP contribution >= 0.6 is 11.6 Å². The number of hydrogen-bond acceptors (Lipinski definition) is 5. The normalized spacial score (nSPS) is 12.2. The van der Waals surface area contributed by atoms with Crippen LogP contribution in [0, 0.1) is 6.92 Å². The molecule has 236 valence electrons. The van der Waals surface area contributed by atoms with Gasteiger partial charge < -0.3 is 15.0 Å². The number of para-hydroxylation sites is 1. The Bertz CT molecular complexity index is 1700. The number of carbonyl (C=O) groups excluding carboxylic acids is 2. The lowest BCUT2D eigenvalue weighted by Crippen LogP contribution is -2.54. The number of halogens is 1. The Hall–Kier alpha value is -4.34. The summed E-state index contributed by atoms with van der Waals surface area (Å²) >= 11 is 6.08. The standard InChI is InChI=1S/C35H38ClN3O5S/c1-25-11-21-32(22-12-25)45(42,43)39(29-17-19-31(20-18-29)44-30-9-7-6-8-10-30)24-33(40)38(23-27-13-15-28(36)16-14-27)26(2)34(41)37-35(3,4)5/h6-22,26H,23-24H2,1-5H3,(H,37,41)/t26-/m0/s1. The molecule has 0 heterocycles. The van der Waals surface area contributed by atoms with Crippen LogP contribution in [0.5, 0.6) is 11.5 Å². The zero-order valence-electron chi connectivity index (χ0n) is 26.0. The second kappa shape index (κ2) is 14.2. The number of benzene rings is 4. The van der Waals surface area contributed by atoms with Crippen LogP contribution in [-0.4, -0.2) is 43.3 Å². The van der Waals surface area contributed by atoms with E-state index in [4.69, 9.17) is 16.3 Å². The van der Waals surface area contributed by atoms with Gasteiger partial charge in [0, 0.05) is 17.1 Å². The third kappa shape index (κ3) is 9.09. The first-order chi connectivity index (χ1) is 21.2. The first-order valence-electron chi connectivity index (χ1n) is 14.5. The molecule has 4 rings (SSSR count). The van der Waals surface area contributed by atoms with E-state index in [-0.39, 0.29) is 23.0 Å². The molecule has 1 atom stereocenters. The summed E-state index contributed by atoms with van der Waals surface area (Å²) in [4.78, 5) is 28.8. The fraction of sp³-hybridized carbons (Fsp3) is 0.257. The molecule has 4 aromatic carbocycles. The highest BCUT2D eigenvalue weighted by Gasteiger charge is 2.33. The van der Waals surface area contributed by atoms with Crippen LogP contribution in [0.15, 0.2) is 108 Å². The predicted octanol–water partition coefficient (Wildman–Crippen LogP) is 6.97. The molecule has 45 heavy (non-hydrogen) atoms. The van der Waals surface area contributed by atoms with Crippen molar-refractivity contribution in [2.75, 3.05) is 10.8 Å². The number of nitrogens with zero attached hydrogens (tertiary/aromatic N) is 2. The van der Waals surface area contributed by atoms with Gasteiger partial charge in [-0.2, -0.15) is 0 Å². The van der Waals surface area contributed by atoms with Gasteiger partial charge in [0.1, 0.15) is 24.1 Å². The molecule has 8 nitrogen and oxygen atoms in total. The summed E-state index contributed by atoms with van der Waals surface area (Å²) in [6.07, 6.45) is 0. The molecule has 0 saturated heterocycles. The van der Waals surface area contributed by atoms with Gasteiger partial charge >= 0.3 is 0 Å². The van der Waals surface area contributed by atoms with Gasteiger partial charge in [0.25, 0.3) is 10.0 Å². The van der Waals surface area contributed by atoms with Crippen LogP contribution in [0.3, 0.4) is 0 Å². The number of amides is 2. The van der Waals surface area contributed by atoms with Crippen molar-refractivity contribution >= 4 is 39.1 Å². The molecule has 0 radical (unpaired) electrons. The Morgan fingerprint density at radius 1 is 0.844 bits per heavy atom. The minimum absolute atomic E-state index is 0.0355. The van der Waals surface area contributed by atoms with Crippen molar-refractivity contribution in [2.45, 2.75) is 57.6 Å². The molecule has 1 N–H and O–H groups in total. The number of rotatable bonds is 11. The number of carbonyl (C=O) groups is 2. The van der Waals surface area contributed by atoms with Crippen LogP contribution in [0.2, 0.25) is 5.02 Å². The Labute approximate surface area is 270 Å². The predicted molar refractivity (Wildman–Crippen MR) is 178 cm³/mol. The van der Waals surface area contributed by atoms with Gasteiger partial charge in [-0.05, 0) is 101 Å². The maximum atomic E-state index is 14.1. The maximum Gasteiger partial charge on any atom is 0.264 e. The second-order valence-corrected chi connectivity index (χ2v) is 14.1. The van der Waals surface area contributed by atoms with E-state index in [1.807, 2.05) is 58.0 Å². The largest absolute Gasteiger partial charge is 0.457 e. The first kappa shape index (κ1) is 33.6. The van der Waals surface area contributed by atoms with Gasteiger partial charge in [-0.25, -0.2) is 8.42 Å². The second-order valence-electron chi connectivity index (χ2n) is 11.8. The average Bonchev–Trinajstić information content (AvgIpc) is 2.99. The zero-order chi connectivity index (χ0) is 32.8. The summed E-state index contributed by atoms with van der Waals surface area (Å²) in [7, 11) is -4.20. The lowest BCUT2D eigenvalue weighted by molar-refractivity contribution is -0.140. The fourth-order valence-corrected chi connectivity index (χ4v) is 6.05. The van der Waals surface area contributed by atoms with Crippen LogP contribution < -0.4 is 14.4 Å². The number of anilines is 1. The SMILES string of the molecule is Cc1ccc(S(=O)(=O)N(CC(=O)N(Cc2ccc(Cl)cc2)[C@@H](C)C(=O)NC(C)(C)C)c2ccc(Oc3ccccc3)cc2)cc1. The van der Waals surface area contributed by atoms with Gasteiger partial charge in [-0.3, -0.25) is 13.9 Å². The molecule has 4 aromatic rings. The molecule has 0 aliphatic rings. The molecular weight excluding hydrogens is 610 g/mol. The van der Waals surface area contributed by atoms with E-state index in [0.29, 0.717) is 16.5 Å². The molecule has 0 unspecified atom stereocenters. The highest BCUT2D eigenvalue weighted by atomic mass is 35.5. The van der Waals surface area contributed by atoms with E-state index in [2.05, 4.69) is 5.32 Å². The number of aryl methyl sites for hydroxylation is 1. The van der Waals surface area contributed by atoms with E-state index in [1.54, 1.807) is 67.6 Å². The number of nitrogens with one attached hydrogen (secondary N) is 1. The van der Waals surface area contributed by atoms with Crippen LogP contribution in [0.1, 0.15) is 38.8 Å². The Balaban J connectivity index is 1.71. The third-order valence-electron chi connectivity index (χ3n) is 6.92. The Morgan fingerprint density at radius 2 is 1.42 bits per heavy atom. The van der Waals surface area contributed by atoms with E-state index >= 15 is 0 Å². The van der Waals surface area contributed by atoms with Crippen molar-refractivity contribution in [1.82, 2.24) is 10.2 Å². The lowest BCUT2D eigenvalue weighted by atomic mass is 10.1. The Morgan fingerprint density at radius 3 is 2.00 bits per heavy atom. The number of hydrogen-bond donors (Lipinski definition) is 1. The molecule has 0 fully saturated rings. The smallest absolute Gasteiger partial charge is 0.264 e. The Kier molecular flexibility index (Phi) is 10.6. The van der Waals surface area contributed by atoms with Crippen molar-refractivity contribution in [3.05, 3.63) is 119 Å². The molecule has 2 amide bonds. The maximum absolute atomic E-state index is 14.1. The molecule has 0 aliphatic carbocycles. The third-order valence-corrected chi connectivity index (χ3v) is 8.96. The van der Waals surface area contributed by atoms with Crippen molar-refractivity contribution in [2.24, 2.45) is 0 Å². The minimum atomic E-state index is -4.20. The van der Waals surface area contributed by atoms with Gasteiger partial charge in [-0.1, -0.05) is 59.6 Å². The molecular formula is C35H38ClN3O5S. The minimum Gasteiger partial charge on any atom is -0.457 e. The lowest BCUT2D eigenvalue weighted by Gasteiger charge is -2.33. The summed E-state index contributed by atoms with van der Waals surface area (Å²) < 4.78 is 35.1. The van der Waals surface area contributed by atoms with Crippen molar-refractivity contribution in [3.8, 4) is 11.5 Å². The molecule has 0 spiro atoms. The summed E-state index contributed by atoms with van der Waals surface area (Å²) in [6, 6.07) is 28.2. The zero-order valence-corrected chi connectivity index (χ0v) is 27.6. The summed E-state index contributed by atoms with van der Waals surface area (Å²) in [5.41, 5.74) is 1.36. The summed E-state index contributed by atoms with van der Waals surface area (Å²) in [5, 5.41) is 3.45. The molecule has 0 aromatic heterocycles.